The zero-order valence-corrected chi connectivity index (χ0v) is 16.3. The highest BCUT2D eigenvalue weighted by Gasteiger charge is 2.45. The Labute approximate surface area is 167 Å². The van der Waals surface area contributed by atoms with Gasteiger partial charge in [-0.2, -0.15) is 0 Å². The number of benzene rings is 1. The van der Waals surface area contributed by atoms with Crippen LogP contribution in [0.2, 0.25) is 0 Å². The second-order valence-corrected chi connectivity index (χ2v) is 7.83. The Kier molecular flexibility index (Phi) is 5.00. The van der Waals surface area contributed by atoms with Crippen LogP contribution in [-0.4, -0.2) is 16.8 Å². The van der Waals surface area contributed by atoms with Gasteiger partial charge in [0.25, 0.3) is 0 Å². The van der Waals surface area contributed by atoms with Crippen LogP contribution in [0.4, 0.5) is 5.13 Å². The molecule has 2 aromatic heterocycles. The Morgan fingerprint density at radius 1 is 1.18 bits per heavy atom. The van der Waals surface area contributed by atoms with Crippen molar-refractivity contribution >= 4 is 28.3 Å². The van der Waals surface area contributed by atoms with Crippen molar-refractivity contribution in [2.45, 2.75) is 38.1 Å². The number of furan rings is 1. The molecule has 0 bridgehead atoms. The van der Waals surface area contributed by atoms with Crippen molar-refractivity contribution in [1.82, 2.24) is 10.3 Å². The third kappa shape index (κ3) is 3.57. The Balaban J connectivity index is 1.46. The van der Waals surface area contributed by atoms with Crippen molar-refractivity contribution in [2.24, 2.45) is 0 Å². The molecule has 1 aliphatic carbocycles. The molecule has 2 amide bonds. The van der Waals surface area contributed by atoms with Crippen molar-refractivity contribution in [2.75, 3.05) is 5.32 Å². The van der Waals surface area contributed by atoms with E-state index in [1.807, 2.05) is 47.8 Å². The normalized spacial score (nSPS) is 14.9. The molecule has 0 unspecified atom stereocenters. The lowest BCUT2D eigenvalue weighted by atomic mass is 9.64. The standard InChI is InChI=1S/C21H21N3O3S/c1-14(25)22-12-16-8-9-18(27-16)17-13-28-20(23-17)24-19(26)21(10-5-11-21)15-6-3-2-4-7-15/h2-4,6-9,13H,5,10-12H2,1H3,(H,22,25)(H,23,24,26). The predicted molar refractivity (Wildman–Crippen MR) is 108 cm³/mol. The molecule has 0 radical (unpaired) electrons. The van der Waals surface area contributed by atoms with Gasteiger partial charge in [0.2, 0.25) is 11.8 Å². The maximum atomic E-state index is 13.0. The zero-order valence-electron chi connectivity index (χ0n) is 15.5. The van der Waals surface area contributed by atoms with Gasteiger partial charge in [-0.1, -0.05) is 36.8 Å². The molecular formula is C21H21N3O3S. The molecule has 0 spiro atoms. The van der Waals surface area contributed by atoms with Crippen LogP contribution in [0.5, 0.6) is 0 Å². The molecule has 6 nitrogen and oxygen atoms in total. The Morgan fingerprint density at radius 3 is 2.64 bits per heavy atom. The summed E-state index contributed by atoms with van der Waals surface area (Å²) < 4.78 is 5.72. The van der Waals surface area contributed by atoms with Crippen molar-refractivity contribution in [3.63, 3.8) is 0 Å². The fourth-order valence-corrected chi connectivity index (χ4v) is 4.11. The highest BCUT2D eigenvalue weighted by atomic mass is 32.1. The predicted octanol–water partition coefficient (Wildman–Crippen LogP) is 4.10. The topological polar surface area (TPSA) is 84.2 Å². The van der Waals surface area contributed by atoms with Crippen molar-refractivity contribution in [3.05, 3.63) is 59.2 Å². The van der Waals surface area contributed by atoms with Crippen LogP contribution in [0.3, 0.4) is 0 Å². The van der Waals surface area contributed by atoms with Crippen LogP contribution >= 0.6 is 11.3 Å². The van der Waals surface area contributed by atoms with Gasteiger partial charge in [-0.15, -0.1) is 11.3 Å². The summed E-state index contributed by atoms with van der Waals surface area (Å²) in [5.41, 5.74) is 1.27. The molecule has 7 heteroatoms. The zero-order chi connectivity index (χ0) is 19.6. The van der Waals surface area contributed by atoms with Gasteiger partial charge in [0, 0.05) is 12.3 Å². The molecule has 1 aromatic carbocycles. The summed E-state index contributed by atoms with van der Waals surface area (Å²) in [5.74, 6) is 1.15. The minimum Gasteiger partial charge on any atom is -0.458 e. The first-order chi connectivity index (χ1) is 13.6. The minimum atomic E-state index is -0.455. The van der Waals surface area contributed by atoms with Gasteiger partial charge in [0.15, 0.2) is 10.9 Å². The van der Waals surface area contributed by atoms with Crippen molar-refractivity contribution in [1.29, 1.82) is 0 Å². The summed E-state index contributed by atoms with van der Waals surface area (Å²) in [5, 5.41) is 8.10. The van der Waals surface area contributed by atoms with E-state index in [-0.39, 0.29) is 11.8 Å². The van der Waals surface area contributed by atoms with Crippen LogP contribution < -0.4 is 10.6 Å². The molecule has 1 fully saturated rings. The molecule has 0 saturated heterocycles. The Morgan fingerprint density at radius 2 is 1.96 bits per heavy atom. The maximum Gasteiger partial charge on any atom is 0.236 e. The number of anilines is 1. The van der Waals surface area contributed by atoms with E-state index in [1.165, 1.54) is 18.3 Å². The first-order valence-corrected chi connectivity index (χ1v) is 10.1. The number of hydrogen-bond donors (Lipinski definition) is 2. The minimum absolute atomic E-state index is 0.00311. The number of amides is 2. The van der Waals surface area contributed by atoms with Gasteiger partial charge < -0.3 is 15.1 Å². The van der Waals surface area contributed by atoms with E-state index in [0.717, 1.165) is 24.8 Å². The summed E-state index contributed by atoms with van der Waals surface area (Å²) in [6.07, 6.45) is 2.76. The lowest BCUT2D eigenvalue weighted by molar-refractivity contribution is -0.124. The quantitative estimate of drug-likeness (QED) is 0.658. The van der Waals surface area contributed by atoms with E-state index in [4.69, 9.17) is 4.42 Å². The molecule has 2 N–H and O–H groups in total. The first-order valence-electron chi connectivity index (χ1n) is 9.23. The van der Waals surface area contributed by atoms with Crippen LogP contribution in [0.1, 0.15) is 37.5 Å². The number of rotatable bonds is 6. The van der Waals surface area contributed by atoms with Crippen LogP contribution in [0, 0.1) is 0 Å². The number of hydrogen-bond acceptors (Lipinski definition) is 5. The molecule has 0 atom stereocenters. The van der Waals surface area contributed by atoms with E-state index in [0.29, 0.717) is 28.9 Å². The van der Waals surface area contributed by atoms with Gasteiger partial charge in [-0.05, 0) is 30.5 Å². The largest absolute Gasteiger partial charge is 0.458 e. The molecule has 28 heavy (non-hydrogen) atoms. The lowest BCUT2D eigenvalue weighted by Crippen LogP contribution is -2.45. The van der Waals surface area contributed by atoms with Crippen LogP contribution in [0.25, 0.3) is 11.5 Å². The average molecular weight is 395 g/mol. The molecule has 0 aliphatic heterocycles. The fraction of sp³-hybridized carbons (Fsp3) is 0.286. The fourth-order valence-electron chi connectivity index (χ4n) is 3.42. The van der Waals surface area contributed by atoms with E-state index in [1.54, 1.807) is 0 Å². The Hall–Kier alpha value is -2.93. The third-order valence-electron chi connectivity index (χ3n) is 5.12. The Bertz CT molecular complexity index is 989. The number of carbonyl (C=O) groups excluding carboxylic acids is 2. The van der Waals surface area contributed by atoms with Crippen LogP contribution in [0.15, 0.2) is 52.3 Å². The maximum absolute atomic E-state index is 13.0. The smallest absolute Gasteiger partial charge is 0.236 e. The highest BCUT2D eigenvalue weighted by molar-refractivity contribution is 7.14. The molecule has 1 aliphatic rings. The van der Waals surface area contributed by atoms with Crippen LogP contribution in [-0.2, 0) is 21.5 Å². The van der Waals surface area contributed by atoms with Crippen molar-refractivity contribution < 1.29 is 14.0 Å². The summed E-state index contributed by atoms with van der Waals surface area (Å²) in [6.45, 7) is 1.80. The second-order valence-electron chi connectivity index (χ2n) is 6.97. The van der Waals surface area contributed by atoms with Gasteiger partial charge >= 0.3 is 0 Å². The van der Waals surface area contributed by atoms with E-state index >= 15 is 0 Å². The molecule has 144 valence electrons. The monoisotopic (exact) mass is 395 g/mol. The summed E-state index contributed by atoms with van der Waals surface area (Å²) >= 11 is 1.37. The van der Waals surface area contributed by atoms with Crippen molar-refractivity contribution in [3.8, 4) is 11.5 Å². The molecular weight excluding hydrogens is 374 g/mol. The highest BCUT2D eigenvalue weighted by Crippen LogP contribution is 2.44. The van der Waals surface area contributed by atoms with Gasteiger partial charge in [-0.3, -0.25) is 9.59 Å². The molecule has 1 saturated carbocycles. The number of nitrogens with zero attached hydrogens (tertiary/aromatic N) is 1. The van der Waals surface area contributed by atoms with Gasteiger partial charge in [0.05, 0.1) is 12.0 Å². The number of thiazole rings is 1. The van der Waals surface area contributed by atoms with E-state index in [2.05, 4.69) is 15.6 Å². The second kappa shape index (κ2) is 7.59. The summed E-state index contributed by atoms with van der Waals surface area (Å²) in [4.78, 5) is 28.5. The summed E-state index contributed by atoms with van der Waals surface area (Å²) in [7, 11) is 0. The van der Waals surface area contributed by atoms with E-state index < -0.39 is 5.41 Å². The SMILES string of the molecule is CC(=O)NCc1ccc(-c2csc(NC(=O)C3(c4ccccc4)CCC3)n2)o1. The van der Waals surface area contributed by atoms with E-state index in [9.17, 15) is 9.59 Å². The molecule has 3 aromatic rings. The first kappa shape index (κ1) is 18.4. The molecule has 2 heterocycles. The summed E-state index contributed by atoms with van der Waals surface area (Å²) in [6, 6.07) is 13.6. The number of carbonyl (C=O) groups is 2. The average Bonchev–Trinajstić information content (AvgIpc) is 3.29. The number of nitrogens with one attached hydrogen (secondary N) is 2. The van der Waals surface area contributed by atoms with Gasteiger partial charge in [-0.25, -0.2) is 4.98 Å². The number of aromatic nitrogens is 1. The third-order valence-corrected chi connectivity index (χ3v) is 5.88. The van der Waals surface area contributed by atoms with Gasteiger partial charge in [0.1, 0.15) is 11.5 Å². The lowest BCUT2D eigenvalue weighted by Gasteiger charge is -2.40. The molecule has 4 rings (SSSR count).